The Hall–Kier alpha value is -2.94. The van der Waals surface area contributed by atoms with Crippen molar-refractivity contribution >= 4 is 23.2 Å². The molecule has 0 aromatic carbocycles. The molecule has 9 heteroatoms. The topological polar surface area (TPSA) is 118 Å². The van der Waals surface area contributed by atoms with Gasteiger partial charge in [0.15, 0.2) is 0 Å². The Balaban J connectivity index is 1.97. The molecule has 1 atom stereocenters. The van der Waals surface area contributed by atoms with E-state index in [2.05, 4.69) is 25.5 Å². The van der Waals surface area contributed by atoms with E-state index >= 15 is 0 Å². The Labute approximate surface area is 157 Å². The molecule has 2 aromatic rings. The van der Waals surface area contributed by atoms with Gasteiger partial charge in [0.05, 0.1) is 0 Å². The molecule has 3 heterocycles. The van der Waals surface area contributed by atoms with Gasteiger partial charge in [0.1, 0.15) is 35.5 Å². The van der Waals surface area contributed by atoms with Crippen molar-refractivity contribution in [2.24, 2.45) is 0 Å². The summed E-state index contributed by atoms with van der Waals surface area (Å²) in [5.74, 6) is 0.610. The summed E-state index contributed by atoms with van der Waals surface area (Å²) >= 11 is 0. The summed E-state index contributed by atoms with van der Waals surface area (Å²) in [5, 5.41) is 5.97. The summed E-state index contributed by atoms with van der Waals surface area (Å²) in [6.45, 7) is 4.48. The Bertz CT molecular complexity index is 936. The number of anilines is 3. The zero-order valence-electron chi connectivity index (χ0n) is 16.0. The number of nitrogen functional groups attached to an aromatic ring is 1. The summed E-state index contributed by atoms with van der Waals surface area (Å²) in [7, 11) is 3.99. The Morgan fingerprint density at radius 1 is 1.30 bits per heavy atom. The summed E-state index contributed by atoms with van der Waals surface area (Å²) in [5.41, 5.74) is 7.71. The van der Waals surface area contributed by atoms with Gasteiger partial charge in [-0.25, -0.2) is 9.97 Å². The summed E-state index contributed by atoms with van der Waals surface area (Å²) in [6.07, 6.45) is 2.54. The second-order valence-corrected chi connectivity index (χ2v) is 7.06. The van der Waals surface area contributed by atoms with Gasteiger partial charge in [-0.2, -0.15) is 0 Å². The molecule has 9 nitrogen and oxygen atoms in total. The number of rotatable bonds is 6. The molecule has 3 rings (SSSR count). The number of carbonyl (C=O) groups is 1. The molecular weight excluding hydrogens is 346 g/mol. The van der Waals surface area contributed by atoms with Crippen LogP contribution in [-0.2, 0) is 0 Å². The van der Waals surface area contributed by atoms with Gasteiger partial charge < -0.3 is 21.3 Å². The number of hydrogen-bond acceptors (Lipinski definition) is 7. The van der Waals surface area contributed by atoms with Gasteiger partial charge in [0.25, 0.3) is 11.5 Å². The number of hydrogen-bond donors (Lipinski definition) is 3. The highest BCUT2D eigenvalue weighted by molar-refractivity contribution is 5.96. The quantitative estimate of drug-likeness (QED) is 0.697. The number of pyridine rings is 1. The number of nitrogens with two attached hydrogens (primary N) is 1. The zero-order chi connectivity index (χ0) is 19.7. The number of carbonyl (C=O) groups excluding carboxylic acids is 1. The van der Waals surface area contributed by atoms with Crippen LogP contribution in [0.5, 0.6) is 0 Å². The Kier molecular flexibility index (Phi) is 5.13. The van der Waals surface area contributed by atoms with Crippen LogP contribution in [-0.4, -0.2) is 46.0 Å². The van der Waals surface area contributed by atoms with Gasteiger partial charge in [-0.1, -0.05) is 0 Å². The molecule has 0 fully saturated rings. The fourth-order valence-electron chi connectivity index (χ4n) is 3.25. The summed E-state index contributed by atoms with van der Waals surface area (Å²) < 4.78 is 1.55. The van der Waals surface area contributed by atoms with Gasteiger partial charge in [0, 0.05) is 5.56 Å². The fourth-order valence-corrected chi connectivity index (χ4v) is 3.25. The Morgan fingerprint density at radius 2 is 2.04 bits per heavy atom. The minimum Gasteiger partial charge on any atom is -0.383 e. The molecule has 0 bridgehead atoms. The van der Waals surface area contributed by atoms with Crippen LogP contribution in [0.25, 0.3) is 0 Å². The monoisotopic (exact) mass is 371 g/mol. The van der Waals surface area contributed by atoms with Crippen molar-refractivity contribution in [2.75, 3.05) is 31.7 Å². The standard InChI is InChI=1S/C18H25N7O2/c1-10-8-12(22-16-11(2)15(19)20-9-21-16)18(27)25-13(6-5-7-24(3)4)23-17(26)14(10)25/h8-9,13H,5-7H2,1-4H3,(H,23,26)(H3,19,20,21,22)/t13-/m1/s1. The van der Waals surface area contributed by atoms with E-state index < -0.39 is 0 Å². The Morgan fingerprint density at radius 3 is 2.74 bits per heavy atom. The third-order valence-corrected chi connectivity index (χ3v) is 4.71. The second-order valence-electron chi connectivity index (χ2n) is 7.06. The van der Waals surface area contributed by atoms with Gasteiger partial charge in [-0.15, -0.1) is 0 Å². The van der Waals surface area contributed by atoms with E-state index in [-0.39, 0.29) is 17.6 Å². The lowest BCUT2D eigenvalue weighted by Gasteiger charge is -2.18. The molecule has 1 amide bonds. The van der Waals surface area contributed by atoms with Gasteiger partial charge in [0.2, 0.25) is 0 Å². The molecule has 27 heavy (non-hydrogen) atoms. The van der Waals surface area contributed by atoms with Crippen LogP contribution in [0.4, 0.5) is 17.3 Å². The van der Waals surface area contributed by atoms with Crippen molar-refractivity contribution in [1.29, 1.82) is 0 Å². The number of nitrogens with one attached hydrogen (secondary N) is 2. The van der Waals surface area contributed by atoms with E-state index in [0.29, 0.717) is 35.0 Å². The molecular formula is C18H25N7O2. The first-order chi connectivity index (χ1) is 12.8. The van der Waals surface area contributed by atoms with Crippen LogP contribution in [0.15, 0.2) is 17.2 Å². The van der Waals surface area contributed by atoms with Crippen molar-refractivity contribution in [3.05, 3.63) is 39.6 Å². The van der Waals surface area contributed by atoms with Crippen LogP contribution < -0.4 is 21.9 Å². The number of amides is 1. The molecule has 1 aliphatic rings. The first-order valence-corrected chi connectivity index (χ1v) is 8.85. The van der Waals surface area contributed by atoms with Crippen LogP contribution in [0.1, 0.15) is 40.6 Å². The highest BCUT2D eigenvalue weighted by Crippen LogP contribution is 2.25. The highest BCUT2D eigenvalue weighted by Gasteiger charge is 2.31. The van der Waals surface area contributed by atoms with Crippen LogP contribution in [0, 0.1) is 13.8 Å². The largest absolute Gasteiger partial charge is 0.383 e. The van der Waals surface area contributed by atoms with E-state index in [1.165, 1.54) is 6.33 Å². The molecule has 0 aliphatic carbocycles. The van der Waals surface area contributed by atoms with Crippen LogP contribution in [0.3, 0.4) is 0 Å². The SMILES string of the molecule is Cc1cc(Nc2ncnc(N)c2C)c(=O)n2c1C(=O)N[C@H]2CCCN(C)C. The summed E-state index contributed by atoms with van der Waals surface area (Å²) in [6, 6.07) is 1.67. The lowest BCUT2D eigenvalue weighted by atomic mass is 10.1. The average Bonchev–Trinajstić information content (AvgIpc) is 2.93. The maximum Gasteiger partial charge on any atom is 0.276 e. The molecule has 144 valence electrons. The molecule has 0 saturated heterocycles. The first kappa shape index (κ1) is 18.8. The van der Waals surface area contributed by atoms with E-state index in [1.807, 2.05) is 21.0 Å². The lowest BCUT2D eigenvalue weighted by molar-refractivity contribution is 0.0953. The van der Waals surface area contributed by atoms with Crippen molar-refractivity contribution in [2.45, 2.75) is 32.9 Å². The maximum absolute atomic E-state index is 13.1. The summed E-state index contributed by atoms with van der Waals surface area (Å²) in [4.78, 5) is 35.6. The van der Waals surface area contributed by atoms with Gasteiger partial charge in [-0.3, -0.25) is 14.2 Å². The minimum absolute atomic E-state index is 0.214. The fraction of sp³-hybridized carbons (Fsp3) is 0.444. The number of aryl methyl sites for hydroxylation is 1. The molecule has 4 N–H and O–H groups in total. The average molecular weight is 371 g/mol. The third kappa shape index (κ3) is 3.63. The smallest absolute Gasteiger partial charge is 0.276 e. The van der Waals surface area contributed by atoms with Crippen molar-refractivity contribution in [1.82, 2.24) is 24.8 Å². The predicted octanol–water partition coefficient (Wildman–Crippen LogP) is 1.16. The highest BCUT2D eigenvalue weighted by atomic mass is 16.2. The molecule has 0 spiro atoms. The van der Waals surface area contributed by atoms with E-state index in [9.17, 15) is 9.59 Å². The number of aromatic nitrogens is 3. The third-order valence-electron chi connectivity index (χ3n) is 4.71. The molecule has 2 aromatic heterocycles. The second kappa shape index (κ2) is 7.36. The maximum atomic E-state index is 13.1. The molecule has 0 unspecified atom stereocenters. The van der Waals surface area contributed by atoms with Crippen LogP contribution >= 0.6 is 0 Å². The molecule has 0 radical (unpaired) electrons. The van der Waals surface area contributed by atoms with Crippen molar-refractivity contribution in [3.63, 3.8) is 0 Å². The van der Waals surface area contributed by atoms with Gasteiger partial charge in [-0.05, 0) is 59.0 Å². The van der Waals surface area contributed by atoms with Crippen molar-refractivity contribution in [3.8, 4) is 0 Å². The lowest BCUT2D eigenvalue weighted by Crippen LogP contribution is -2.30. The zero-order valence-corrected chi connectivity index (χ0v) is 16.0. The van der Waals surface area contributed by atoms with E-state index in [4.69, 9.17) is 5.73 Å². The van der Waals surface area contributed by atoms with Crippen molar-refractivity contribution < 1.29 is 4.79 Å². The normalized spacial score (nSPS) is 15.7. The molecule has 1 aliphatic heterocycles. The van der Waals surface area contributed by atoms with E-state index in [0.717, 1.165) is 18.5 Å². The predicted molar refractivity (Wildman–Crippen MR) is 104 cm³/mol. The van der Waals surface area contributed by atoms with Gasteiger partial charge >= 0.3 is 0 Å². The minimum atomic E-state index is -0.350. The number of nitrogens with zero attached hydrogens (tertiary/aromatic N) is 4. The molecule has 0 saturated carbocycles. The van der Waals surface area contributed by atoms with E-state index in [1.54, 1.807) is 17.6 Å². The van der Waals surface area contributed by atoms with Crippen LogP contribution in [0.2, 0.25) is 0 Å². The first-order valence-electron chi connectivity index (χ1n) is 8.85. The number of fused-ring (bicyclic) bond motifs is 1.